The van der Waals surface area contributed by atoms with Crippen LogP contribution in [0.5, 0.6) is 11.5 Å². The first-order valence-corrected chi connectivity index (χ1v) is 11.2. The molecule has 0 amide bonds. The zero-order chi connectivity index (χ0) is 22.8. The van der Waals surface area contributed by atoms with E-state index in [1.807, 2.05) is 11.5 Å². The number of rotatable bonds is 8. The molecular weight excluding hydrogens is 428 g/mol. The second-order valence-electron chi connectivity index (χ2n) is 6.95. The minimum absolute atomic E-state index is 0.0437. The molecule has 0 aliphatic rings. The van der Waals surface area contributed by atoms with Crippen molar-refractivity contribution < 1.29 is 31.5 Å². The highest BCUT2D eigenvalue weighted by molar-refractivity contribution is 7.90. The Morgan fingerprint density at radius 3 is 2.32 bits per heavy atom. The van der Waals surface area contributed by atoms with Crippen LogP contribution in [0.25, 0.3) is 5.69 Å². The molecule has 0 aliphatic carbocycles. The van der Waals surface area contributed by atoms with Gasteiger partial charge in [0.05, 0.1) is 4.90 Å². The maximum atomic E-state index is 12.7. The van der Waals surface area contributed by atoms with E-state index in [0.29, 0.717) is 16.9 Å². The molecule has 3 rings (SSSR count). The minimum Gasteiger partial charge on any atom is -0.485 e. The number of carbonyl (C=O) groups is 1. The first-order chi connectivity index (χ1) is 14.6. The fourth-order valence-electron chi connectivity index (χ4n) is 3.24. The molecule has 164 valence electrons. The lowest BCUT2D eigenvalue weighted by Gasteiger charge is -2.11. The number of halogens is 2. The van der Waals surface area contributed by atoms with Crippen LogP contribution in [0, 0.1) is 13.8 Å². The Balaban J connectivity index is 1.78. The maximum absolute atomic E-state index is 12.7. The van der Waals surface area contributed by atoms with Crippen LogP contribution in [0.15, 0.2) is 59.5 Å². The van der Waals surface area contributed by atoms with Crippen LogP contribution < -0.4 is 9.47 Å². The molecule has 0 aliphatic heterocycles. The quantitative estimate of drug-likeness (QED) is 0.478. The lowest BCUT2D eigenvalue weighted by atomic mass is 10.1. The molecule has 0 fully saturated rings. The Bertz CT molecular complexity index is 1200. The van der Waals surface area contributed by atoms with E-state index in [-0.39, 0.29) is 28.8 Å². The maximum Gasteiger partial charge on any atom is 0.387 e. The molecule has 1 aromatic heterocycles. The summed E-state index contributed by atoms with van der Waals surface area (Å²) in [6.45, 7) is 0.430. The van der Waals surface area contributed by atoms with Crippen LogP contribution in [-0.4, -0.2) is 38.2 Å². The number of Topliss-reactive ketones (excluding diaryl/α,β-unsaturated/α-hetero) is 1. The Labute approximate surface area is 178 Å². The van der Waals surface area contributed by atoms with Gasteiger partial charge in [-0.25, -0.2) is 8.42 Å². The molecule has 6 nitrogen and oxygen atoms in total. The van der Waals surface area contributed by atoms with Gasteiger partial charge in [-0.15, -0.1) is 0 Å². The van der Waals surface area contributed by atoms with Crippen molar-refractivity contribution in [2.75, 3.05) is 12.9 Å². The topological polar surface area (TPSA) is 74.6 Å². The van der Waals surface area contributed by atoms with Gasteiger partial charge in [-0.3, -0.25) is 4.79 Å². The summed E-state index contributed by atoms with van der Waals surface area (Å²) in [5.41, 5.74) is 2.59. The van der Waals surface area contributed by atoms with Gasteiger partial charge in [-0.05, 0) is 62.4 Å². The van der Waals surface area contributed by atoms with Gasteiger partial charge in [-0.1, -0.05) is 6.07 Å². The first-order valence-electron chi connectivity index (χ1n) is 9.26. The second-order valence-corrected chi connectivity index (χ2v) is 8.97. The fourth-order valence-corrected chi connectivity index (χ4v) is 3.90. The third kappa shape index (κ3) is 5.29. The van der Waals surface area contributed by atoms with Crippen molar-refractivity contribution in [2.24, 2.45) is 0 Å². The third-order valence-electron chi connectivity index (χ3n) is 4.66. The lowest BCUT2D eigenvalue weighted by Crippen LogP contribution is -2.13. The van der Waals surface area contributed by atoms with E-state index < -0.39 is 16.4 Å². The summed E-state index contributed by atoms with van der Waals surface area (Å²) in [7, 11) is -3.38. The summed E-state index contributed by atoms with van der Waals surface area (Å²) >= 11 is 0. The number of aromatic nitrogens is 1. The highest BCUT2D eigenvalue weighted by Crippen LogP contribution is 2.24. The largest absolute Gasteiger partial charge is 0.485 e. The van der Waals surface area contributed by atoms with Gasteiger partial charge in [-0.2, -0.15) is 8.78 Å². The molecule has 2 aromatic carbocycles. The second kappa shape index (κ2) is 8.89. The van der Waals surface area contributed by atoms with Crippen molar-refractivity contribution in [1.29, 1.82) is 0 Å². The predicted octanol–water partition coefficient (Wildman–Crippen LogP) is 4.36. The van der Waals surface area contributed by atoms with Gasteiger partial charge >= 0.3 is 6.61 Å². The van der Waals surface area contributed by atoms with E-state index in [1.54, 1.807) is 37.3 Å². The zero-order valence-electron chi connectivity index (χ0n) is 17.1. The number of hydrogen-bond donors (Lipinski definition) is 0. The summed E-state index contributed by atoms with van der Waals surface area (Å²) in [5, 5.41) is 0. The number of alkyl halides is 2. The summed E-state index contributed by atoms with van der Waals surface area (Å²) in [5.74, 6) is 0.0451. The van der Waals surface area contributed by atoms with Crippen LogP contribution in [0.4, 0.5) is 8.78 Å². The van der Waals surface area contributed by atoms with E-state index in [4.69, 9.17) is 4.74 Å². The summed E-state index contributed by atoms with van der Waals surface area (Å²) in [4.78, 5) is 12.8. The molecule has 0 atom stereocenters. The van der Waals surface area contributed by atoms with E-state index >= 15 is 0 Å². The number of aryl methyl sites for hydroxylation is 1. The standard InChI is InChI=1S/C22H21F2NO5S/c1-14-11-20(15(2)25(14)16-7-9-17(10-8-16)30-22(23)24)21(26)13-29-18-5-4-6-19(12-18)31(3,27)28/h4-12,22H,13H2,1-3H3. The Kier molecular flexibility index (Phi) is 6.45. The summed E-state index contributed by atoms with van der Waals surface area (Å²) in [6.07, 6.45) is 1.10. The van der Waals surface area contributed by atoms with E-state index in [9.17, 15) is 22.0 Å². The SMILES string of the molecule is Cc1cc(C(=O)COc2cccc(S(C)(=O)=O)c2)c(C)n1-c1ccc(OC(F)F)cc1. The van der Waals surface area contributed by atoms with Gasteiger partial charge < -0.3 is 14.0 Å². The van der Waals surface area contributed by atoms with Crippen LogP contribution in [0.1, 0.15) is 21.7 Å². The highest BCUT2D eigenvalue weighted by Gasteiger charge is 2.18. The van der Waals surface area contributed by atoms with Gasteiger partial charge in [0.25, 0.3) is 0 Å². The van der Waals surface area contributed by atoms with Crippen molar-refractivity contribution in [3.63, 3.8) is 0 Å². The molecule has 0 bridgehead atoms. The molecule has 0 radical (unpaired) electrons. The number of sulfone groups is 1. The zero-order valence-corrected chi connectivity index (χ0v) is 17.9. The van der Waals surface area contributed by atoms with Crippen LogP contribution >= 0.6 is 0 Å². The van der Waals surface area contributed by atoms with Crippen LogP contribution in [0.3, 0.4) is 0 Å². The molecule has 3 aromatic rings. The monoisotopic (exact) mass is 449 g/mol. The van der Waals surface area contributed by atoms with E-state index in [0.717, 1.165) is 11.9 Å². The number of carbonyl (C=O) groups excluding carboxylic acids is 1. The van der Waals surface area contributed by atoms with Crippen molar-refractivity contribution in [3.8, 4) is 17.2 Å². The minimum atomic E-state index is -3.38. The van der Waals surface area contributed by atoms with Crippen molar-refractivity contribution in [3.05, 3.63) is 71.5 Å². The molecule has 1 heterocycles. The number of ether oxygens (including phenoxy) is 2. The third-order valence-corrected chi connectivity index (χ3v) is 5.77. The van der Waals surface area contributed by atoms with Crippen molar-refractivity contribution in [1.82, 2.24) is 4.57 Å². The molecule has 0 unspecified atom stereocenters. The average Bonchev–Trinajstić information content (AvgIpc) is 3.00. The number of benzene rings is 2. The Morgan fingerprint density at radius 2 is 1.71 bits per heavy atom. The Hall–Kier alpha value is -3.20. The molecule has 0 saturated carbocycles. The van der Waals surface area contributed by atoms with Crippen molar-refractivity contribution >= 4 is 15.6 Å². The highest BCUT2D eigenvalue weighted by atomic mass is 32.2. The average molecular weight is 449 g/mol. The summed E-state index contributed by atoms with van der Waals surface area (Å²) in [6, 6.07) is 13.8. The predicted molar refractivity (Wildman–Crippen MR) is 111 cm³/mol. The normalized spacial score (nSPS) is 11.5. The van der Waals surface area contributed by atoms with Crippen LogP contribution in [0.2, 0.25) is 0 Å². The number of nitrogens with zero attached hydrogens (tertiary/aromatic N) is 1. The van der Waals surface area contributed by atoms with Gasteiger partial charge in [0.15, 0.2) is 16.4 Å². The molecule has 0 N–H and O–H groups in total. The van der Waals surface area contributed by atoms with Crippen LogP contribution in [-0.2, 0) is 9.84 Å². The van der Waals surface area contributed by atoms with Gasteiger partial charge in [0, 0.05) is 28.9 Å². The first kappa shape index (κ1) is 22.5. The Morgan fingerprint density at radius 1 is 1.03 bits per heavy atom. The van der Waals surface area contributed by atoms with Crippen molar-refractivity contribution in [2.45, 2.75) is 25.4 Å². The molecule has 9 heteroatoms. The van der Waals surface area contributed by atoms with Gasteiger partial charge in [0.1, 0.15) is 11.5 Å². The molecular formula is C22H21F2NO5S. The number of ketones is 1. The van der Waals surface area contributed by atoms with Gasteiger partial charge in [0.2, 0.25) is 5.78 Å². The summed E-state index contributed by atoms with van der Waals surface area (Å²) < 4.78 is 59.7. The fraction of sp³-hybridized carbons (Fsp3) is 0.227. The molecule has 0 spiro atoms. The molecule has 0 saturated heterocycles. The number of hydrogen-bond acceptors (Lipinski definition) is 5. The van der Waals surface area contributed by atoms with E-state index in [2.05, 4.69) is 4.74 Å². The smallest absolute Gasteiger partial charge is 0.387 e. The molecule has 31 heavy (non-hydrogen) atoms. The lowest BCUT2D eigenvalue weighted by molar-refractivity contribution is -0.0498. The van der Waals surface area contributed by atoms with E-state index in [1.165, 1.54) is 24.3 Å².